The Bertz CT molecular complexity index is 190. The quantitative estimate of drug-likeness (QED) is 0.492. The Morgan fingerprint density at radius 2 is 1.77 bits per heavy atom. The van der Waals surface area contributed by atoms with Gasteiger partial charge < -0.3 is 4.74 Å². The number of hydrogen-bond acceptors (Lipinski definition) is 3. The molecule has 0 bridgehead atoms. The summed E-state index contributed by atoms with van der Waals surface area (Å²) in [4.78, 5) is 20.5. The highest BCUT2D eigenvalue weighted by atomic mass is 19.4. The molecule has 3 radical (unpaired) electrons. The first-order valence-electron chi connectivity index (χ1n) is 3.13. The van der Waals surface area contributed by atoms with E-state index in [1.807, 2.05) is 0 Å². The van der Waals surface area contributed by atoms with Gasteiger partial charge in [-0.15, -0.1) is 0 Å². The molecular weight excluding hydrogens is 191 g/mol. The van der Waals surface area contributed by atoms with E-state index in [9.17, 15) is 22.8 Å². The third kappa shape index (κ3) is 6.09. The highest BCUT2D eigenvalue weighted by molar-refractivity contribution is 5.98. The molecule has 0 unspecified atom stereocenters. The number of ketones is 1. The SMILES string of the molecule is CCOC(=O)CC(=O)C(F)(F)F.[N]. The Morgan fingerprint density at radius 3 is 2.08 bits per heavy atom. The zero-order valence-electron chi connectivity index (χ0n) is 6.72. The van der Waals surface area contributed by atoms with Gasteiger partial charge in [0.1, 0.15) is 6.42 Å². The van der Waals surface area contributed by atoms with Gasteiger partial charge in [-0.1, -0.05) is 0 Å². The summed E-state index contributed by atoms with van der Waals surface area (Å²) in [7, 11) is 0. The van der Waals surface area contributed by atoms with E-state index in [0.29, 0.717) is 0 Å². The molecule has 0 aromatic heterocycles. The van der Waals surface area contributed by atoms with Crippen LogP contribution in [0, 0.1) is 0 Å². The van der Waals surface area contributed by atoms with Gasteiger partial charge in [0.15, 0.2) is 0 Å². The lowest BCUT2D eigenvalue weighted by atomic mass is 10.3. The van der Waals surface area contributed by atoms with E-state index < -0.39 is 24.3 Å². The minimum atomic E-state index is -4.95. The Balaban J connectivity index is 0. The Labute approximate surface area is 72.6 Å². The maximum atomic E-state index is 11.5. The molecule has 0 aromatic carbocycles. The number of ether oxygens (including phenoxy) is 1. The highest BCUT2D eigenvalue weighted by Crippen LogP contribution is 2.17. The molecule has 75 valence electrons. The molecule has 0 aromatic rings. The van der Waals surface area contributed by atoms with E-state index in [-0.39, 0.29) is 12.8 Å². The summed E-state index contributed by atoms with van der Waals surface area (Å²) in [6, 6.07) is 0. The summed E-state index contributed by atoms with van der Waals surface area (Å²) < 4.78 is 38.6. The average Bonchev–Trinajstić information content (AvgIpc) is 1.85. The van der Waals surface area contributed by atoms with Crippen LogP contribution >= 0.6 is 0 Å². The number of carbonyl (C=O) groups is 2. The van der Waals surface area contributed by atoms with Crippen LogP contribution in [0.2, 0.25) is 0 Å². The summed E-state index contributed by atoms with van der Waals surface area (Å²) in [5, 5.41) is 0. The van der Waals surface area contributed by atoms with Gasteiger partial charge in [-0.2, -0.15) is 13.2 Å². The second-order valence-corrected chi connectivity index (χ2v) is 1.90. The van der Waals surface area contributed by atoms with E-state index in [4.69, 9.17) is 0 Å². The van der Waals surface area contributed by atoms with Gasteiger partial charge in [-0.05, 0) is 6.92 Å². The minimum absolute atomic E-state index is 0. The van der Waals surface area contributed by atoms with Gasteiger partial charge in [-0.3, -0.25) is 9.59 Å². The Hall–Kier alpha value is -1.11. The monoisotopic (exact) mass is 198 g/mol. The summed E-state index contributed by atoms with van der Waals surface area (Å²) in [6.45, 7) is 1.40. The predicted molar refractivity (Wildman–Crippen MR) is 34.4 cm³/mol. The van der Waals surface area contributed by atoms with E-state index in [2.05, 4.69) is 4.74 Å². The highest BCUT2D eigenvalue weighted by Gasteiger charge is 2.39. The number of carbonyl (C=O) groups excluding carboxylic acids is 2. The van der Waals surface area contributed by atoms with Crippen LogP contribution in [0.4, 0.5) is 13.2 Å². The van der Waals surface area contributed by atoms with Crippen LogP contribution in [0.15, 0.2) is 0 Å². The van der Waals surface area contributed by atoms with Gasteiger partial charge in [0.2, 0.25) is 5.78 Å². The second kappa shape index (κ2) is 5.52. The van der Waals surface area contributed by atoms with Crippen molar-refractivity contribution in [1.82, 2.24) is 6.15 Å². The molecule has 0 N–H and O–H groups in total. The van der Waals surface area contributed by atoms with E-state index >= 15 is 0 Å². The van der Waals surface area contributed by atoms with Gasteiger partial charge in [0, 0.05) is 6.15 Å². The molecule has 0 rings (SSSR count). The maximum Gasteiger partial charge on any atom is 0.450 e. The van der Waals surface area contributed by atoms with Crippen molar-refractivity contribution < 1.29 is 27.5 Å². The van der Waals surface area contributed by atoms with Crippen molar-refractivity contribution in [2.75, 3.05) is 6.61 Å². The number of halogens is 3. The van der Waals surface area contributed by atoms with Gasteiger partial charge >= 0.3 is 12.1 Å². The molecule has 0 saturated heterocycles. The smallest absolute Gasteiger partial charge is 0.450 e. The van der Waals surface area contributed by atoms with Crippen molar-refractivity contribution in [3.05, 3.63) is 0 Å². The number of hydrogen-bond donors (Lipinski definition) is 0. The van der Waals surface area contributed by atoms with Crippen LogP contribution in [0.5, 0.6) is 0 Å². The standard InChI is InChI=1S/C6H7F3O3.N/c1-2-12-5(11)3-4(10)6(7,8)9;/h2-3H2,1H3;. The first-order valence-corrected chi connectivity index (χ1v) is 3.13. The third-order valence-electron chi connectivity index (χ3n) is 0.926. The van der Waals surface area contributed by atoms with Gasteiger partial charge in [0.05, 0.1) is 6.61 Å². The summed E-state index contributed by atoms with van der Waals surface area (Å²) in [6.07, 6.45) is -6.19. The molecule has 0 aliphatic heterocycles. The van der Waals surface area contributed by atoms with Gasteiger partial charge in [0.25, 0.3) is 0 Å². The van der Waals surface area contributed by atoms with Crippen molar-refractivity contribution >= 4 is 11.8 Å². The van der Waals surface area contributed by atoms with Crippen molar-refractivity contribution in [3.8, 4) is 0 Å². The van der Waals surface area contributed by atoms with Crippen molar-refractivity contribution in [1.29, 1.82) is 0 Å². The largest absolute Gasteiger partial charge is 0.466 e. The van der Waals surface area contributed by atoms with Crippen molar-refractivity contribution in [2.24, 2.45) is 0 Å². The van der Waals surface area contributed by atoms with E-state index in [1.54, 1.807) is 0 Å². The molecule has 7 heteroatoms. The van der Waals surface area contributed by atoms with Gasteiger partial charge in [-0.25, -0.2) is 0 Å². The second-order valence-electron chi connectivity index (χ2n) is 1.90. The van der Waals surface area contributed by atoms with Crippen LogP contribution in [-0.4, -0.2) is 24.5 Å². The number of esters is 1. The minimum Gasteiger partial charge on any atom is -0.466 e. The molecule has 13 heavy (non-hydrogen) atoms. The fraction of sp³-hybridized carbons (Fsp3) is 0.667. The molecule has 0 spiro atoms. The number of Topliss-reactive ketones (excluding diaryl/α,β-unsaturated/α-hetero) is 1. The number of alkyl halides is 3. The molecular formula is C6H7F3NO3. The van der Waals surface area contributed by atoms with Crippen LogP contribution < -0.4 is 6.15 Å². The van der Waals surface area contributed by atoms with E-state index in [0.717, 1.165) is 0 Å². The Kier molecular flexibility index (Phi) is 6.12. The van der Waals surface area contributed by atoms with Crippen LogP contribution in [0.25, 0.3) is 0 Å². The molecule has 0 aliphatic carbocycles. The normalized spacial score (nSPS) is 10.2. The first-order chi connectivity index (χ1) is 5.38. The third-order valence-corrected chi connectivity index (χ3v) is 0.926. The average molecular weight is 198 g/mol. The molecule has 0 heterocycles. The summed E-state index contributed by atoms with van der Waals surface area (Å²) in [5.74, 6) is -3.24. The number of nitrogens with zero attached hydrogens (tertiary/aromatic N) is 1. The van der Waals surface area contributed by atoms with Crippen molar-refractivity contribution in [2.45, 2.75) is 19.5 Å². The fourth-order valence-corrected chi connectivity index (χ4v) is 0.443. The molecule has 0 fully saturated rings. The maximum absolute atomic E-state index is 11.5. The zero-order chi connectivity index (χ0) is 9.78. The first kappa shape index (κ1) is 14.4. The zero-order valence-corrected chi connectivity index (χ0v) is 6.72. The van der Waals surface area contributed by atoms with Crippen LogP contribution in [0.1, 0.15) is 13.3 Å². The lowest BCUT2D eigenvalue weighted by molar-refractivity contribution is -0.174. The van der Waals surface area contributed by atoms with Crippen molar-refractivity contribution in [3.63, 3.8) is 0 Å². The lowest BCUT2D eigenvalue weighted by Crippen LogP contribution is -2.26. The Morgan fingerprint density at radius 1 is 1.31 bits per heavy atom. The molecule has 0 saturated carbocycles. The number of rotatable bonds is 3. The summed E-state index contributed by atoms with van der Waals surface area (Å²) >= 11 is 0. The molecule has 0 atom stereocenters. The predicted octanol–water partition coefficient (Wildman–Crippen LogP) is 0.590. The van der Waals surface area contributed by atoms with Crippen LogP contribution in [-0.2, 0) is 14.3 Å². The molecule has 4 nitrogen and oxygen atoms in total. The fourth-order valence-electron chi connectivity index (χ4n) is 0.443. The van der Waals surface area contributed by atoms with Crippen LogP contribution in [0.3, 0.4) is 0 Å². The lowest BCUT2D eigenvalue weighted by Gasteiger charge is -2.03. The van der Waals surface area contributed by atoms with E-state index in [1.165, 1.54) is 6.92 Å². The molecule has 0 amide bonds. The molecule has 0 aliphatic rings. The summed E-state index contributed by atoms with van der Waals surface area (Å²) in [5.41, 5.74) is 0. The topological polar surface area (TPSA) is 73.9 Å².